The fourth-order valence-electron chi connectivity index (χ4n) is 3.01. The van der Waals surface area contributed by atoms with Crippen molar-refractivity contribution in [1.82, 2.24) is 9.62 Å². The number of rotatable bonds is 10. The Balaban J connectivity index is 2.08. The number of carbonyl (C=O) groups excluding carboxylic acids is 1. The lowest BCUT2D eigenvalue weighted by molar-refractivity contribution is -0.121. The number of sulfonamides is 1. The first kappa shape index (κ1) is 22.9. The zero-order chi connectivity index (χ0) is 21.4. The Kier molecular flexibility index (Phi) is 8.22. The van der Waals surface area contributed by atoms with Gasteiger partial charge < -0.3 is 10.1 Å². The highest BCUT2D eigenvalue weighted by atomic mass is 32.2. The van der Waals surface area contributed by atoms with Crippen molar-refractivity contribution in [2.45, 2.75) is 50.6 Å². The fraction of sp³-hybridized carbons (Fsp3) is 0.409. The second kappa shape index (κ2) is 10.4. The van der Waals surface area contributed by atoms with Crippen molar-refractivity contribution in [2.75, 3.05) is 13.7 Å². The lowest BCUT2D eigenvalue weighted by Crippen LogP contribution is -2.41. The second-order valence-electron chi connectivity index (χ2n) is 7.00. The summed E-state index contributed by atoms with van der Waals surface area (Å²) in [6, 6.07) is 15.6. The van der Waals surface area contributed by atoms with Crippen LogP contribution in [0, 0.1) is 0 Å². The van der Waals surface area contributed by atoms with Gasteiger partial charge in [-0.2, -0.15) is 4.31 Å². The molecule has 0 heterocycles. The van der Waals surface area contributed by atoms with Crippen molar-refractivity contribution in [3.05, 3.63) is 60.2 Å². The van der Waals surface area contributed by atoms with E-state index in [2.05, 4.69) is 5.32 Å². The molecule has 1 N–H and O–H groups in total. The lowest BCUT2D eigenvalue weighted by Gasteiger charge is -2.28. The number of ether oxygens (including phenoxy) is 1. The van der Waals surface area contributed by atoms with E-state index in [0.29, 0.717) is 12.2 Å². The minimum atomic E-state index is -3.72. The predicted molar refractivity (Wildman–Crippen MR) is 114 cm³/mol. The molecule has 0 saturated carbocycles. The maximum absolute atomic E-state index is 13.1. The summed E-state index contributed by atoms with van der Waals surface area (Å²) < 4.78 is 32.8. The van der Waals surface area contributed by atoms with Gasteiger partial charge in [-0.15, -0.1) is 0 Å². The van der Waals surface area contributed by atoms with E-state index in [4.69, 9.17) is 4.74 Å². The van der Waals surface area contributed by atoms with E-state index >= 15 is 0 Å². The van der Waals surface area contributed by atoms with Crippen molar-refractivity contribution in [1.29, 1.82) is 0 Å². The molecule has 0 aliphatic heterocycles. The van der Waals surface area contributed by atoms with Crippen LogP contribution in [-0.4, -0.2) is 38.3 Å². The van der Waals surface area contributed by atoms with Crippen molar-refractivity contribution in [3.8, 4) is 5.75 Å². The molecule has 2 aromatic carbocycles. The molecule has 2 aromatic rings. The second-order valence-corrected chi connectivity index (χ2v) is 8.89. The molecule has 2 atom stereocenters. The van der Waals surface area contributed by atoms with Crippen LogP contribution in [0.1, 0.15) is 45.2 Å². The van der Waals surface area contributed by atoms with E-state index < -0.39 is 10.0 Å². The molecule has 1 amide bonds. The van der Waals surface area contributed by atoms with Crippen molar-refractivity contribution < 1.29 is 17.9 Å². The molecule has 0 aliphatic carbocycles. The van der Waals surface area contributed by atoms with Gasteiger partial charge in [0.1, 0.15) is 5.75 Å². The lowest BCUT2D eigenvalue weighted by atomic mass is 10.1. The molecule has 0 aromatic heterocycles. The van der Waals surface area contributed by atoms with Gasteiger partial charge in [0.2, 0.25) is 15.9 Å². The van der Waals surface area contributed by atoms with E-state index in [9.17, 15) is 13.2 Å². The average molecular weight is 419 g/mol. The Morgan fingerprint density at radius 3 is 2.24 bits per heavy atom. The Labute approximate surface area is 173 Å². The summed E-state index contributed by atoms with van der Waals surface area (Å²) in [6.45, 7) is 5.81. The molecule has 0 fully saturated rings. The van der Waals surface area contributed by atoms with Crippen LogP contribution in [0.3, 0.4) is 0 Å². The topological polar surface area (TPSA) is 75.7 Å². The monoisotopic (exact) mass is 418 g/mol. The summed E-state index contributed by atoms with van der Waals surface area (Å²) in [5, 5.41) is 2.94. The van der Waals surface area contributed by atoms with E-state index in [1.807, 2.05) is 51.1 Å². The van der Waals surface area contributed by atoms with Crippen LogP contribution in [0.5, 0.6) is 5.75 Å². The molecular weight excluding hydrogens is 388 g/mol. The highest BCUT2D eigenvalue weighted by molar-refractivity contribution is 7.89. The third-order valence-electron chi connectivity index (χ3n) is 4.98. The van der Waals surface area contributed by atoms with Gasteiger partial charge in [0.25, 0.3) is 0 Å². The first-order valence-electron chi connectivity index (χ1n) is 9.79. The van der Waals surface area contributed by atoms with Crippen LogP contribution in [-0.2, 0) is 14.8 Å². The normalized spacial score (nSPS) is 13.7. The smallest absolute Gasteiger partial charge is 0.243 e. The van der Waals surface area contributed by atoms with Crippen LogP contribution >= 0.6 is 0 Å². The molecule has 2 rings (SSSR count). The van der Waals surface area contributed by atoms with Crippen molar-refractivity contribution in [3.63, 3.8) is 0 Å². The first-order chi connectivity index (χ1) is 13.8. The quantitative estimate of drug-likeness (QED) is 0.638. The fourth-order valence-corrected chi connectivity index (χ4v) is 4.72. The number of nitrogens with one attached hydrogen (secondary N) is 1. The van der Waals surface area contributed by atoms with Crippen LogP contribution < -0.4 is 10.1 Å². The number of benzene rings is 2. The van der Waals surface area contributed by atoms with Gasteiger partial charge >= 0.3 is 0 Å². The minimum absolute atomic E-state index is 0.0941. The van der Waals surface area contributed by atoms with E-state index in [0.717, 1.165) is 5.56 Å². The number of amides is 1. The van der Waals surface area contributed by atoms with Crippen LogP contribution in [0.15, 0.2) is 59.5 Å². The Hall–Kier alpha value is -2.38. The standard InChI is InChI=1S/C22H30N2O4S/c1-5-17(2)24(29(26,27)21-13-11-20(28-4)12-14-21)16-15-22(25)23-18(3)19-9-7-6-8-10-19/h6-14,17-18H,5,15-16H2,1-4H3,(H,23,25). The van der Waals surface area contributed by atoms with Gasteiger partial charge in [0.05, 0.1) is 18.0 Å². The van der Waals surface area contributed by atoms with Gasteiger partial charge in [-0.05, 0) is 50.1 Å². The molecule has 0 bridgehead atoms. The zero-order valence-electron chi connectivity index (χ0n) is 17.5. The third kappa shape index (κ3) is 6.05. The zero-order valence-corrected chi connectivity index (χ0v) is 18.3. The molecule has 0 saturated heterocycles. The first-order valence-corrected chi connectivity index (χ1v) is 11.2. The highest BCUT2D eigenvalue weighted by Crippen LogP contribution is 2.22. The maximum atomic E-state index is 13.1. The Morgan fingerprint density at radius 1 is 1.07 bits per heavy atom. The van der Waals surface area contributed by atoms with E-state index in [1.54, 1.807) is 12.1 Å². The average Bonchev–Trinajstić information content (AvgIpc) is 2.74. The molecule has 6 nitrogen and oxygen atoms in total. The maximum Gasteiger partial charge on any atom is 0.243 e. The van der Waals surface area contributed by atoms with Crippen molar-refractivity contribution in [2.24, 2.45) is 0 Å². The Morgan fingerprint density at radius 2 is 1.69 bits per heavy atom. The molecule has 158 valence electrons. The third-order valence-corrected chi connectivity index (χ3v) is 7.01. The van der Waals surface area contributed by atoms with Gasteiger partial charge in [-0.1, -0.05) is 37.3 Å². The van der Waals surface area contributed by atoms with Gasteiger partial charge in [0, 0.05) is 19.0 Å². The number of hydrogen-bond donors (Lipinski definition) is 1. The molecular formula is C22H30N2O4S. The molecule has 0 spiro atoms. The number of methoxy groups -OCH3 is 1. The molecule has 0 radical (unpaired) electrons. The number of nitrogens with zero attached hydrogens (tertiary/aromatic N) is 1. The van der Waals surface area contributed by atoms with Crippen LogP contribution in [0.4, 0.5) is 0 Å². The molecule has 7 heteroatoms. The molecule has 2 unspecified atom stereocenters. The van der Waals surface area contributed by atoms with Gasteiger partial charge in [-0.25, -0.2) is 8.42 Å². The van der Waals surface area contributed by atoms with Crippen LogP contribution in [0.2, 0.25) is 0 Å². The Bertz CT molecular complexity index is 883. The highest BCUT2D eigenvalue weighted by Gasteiger charge is 2.28. The summed E-state index contributed by atoms with van der Waals surface area (Å²) in [5.41, 5.74) is 1.01. The SMILES string of the molecule is CCC(C)N(CCC(=O)NC(C)c1ccccc1)S(=O)(=O)c1ccc(OC)cc1. The van der Waals surface area contributed by atoms with E-state index in [-0.39, 0.29) is 35.9 Å². The summed E-state index contributed by atoms with van der Waals surface area (Å²) in [6.07, 6.45) is 0.744. The minimum Gasteiger partial charge on any atom is -0.497 e. The van der Waals surface area contributed by atoms with E-state index in [1.165, 1.54) is 23.5 Å². The summed E-state index contributed by atoms with van der Waals surface area (Å²) in [4.78, 5) is 12.6. The number of carbonyl (C=O) groups is 1. The summed E-state index contributed by atoms with van der Waals surface area (Å²) in [7, 11) is -2.18. The summed E-state index contributed by atoms with van der Waals surface area (Å²) in [5.74, 6) is 0.410. The van der Waals surface area contributed by atoms with Crippen LogP contribution in [0.25, 0.3) is 0 Å². The van der Waals surface area contributed by atoms with Gasteiger partial charge in [0.15, 0.2) is 0 Å². The molecule has 0 aliphatic rings. The van der Waals surface area contributed by atoms with Gasteiger partial charge in [-0.3, -0.25) is 4.79 Å². The summed E-state index contributed by atoms with van der Waals surface area (Å²) >= 11 is 0. The molecule has 29 heavy (non-hydrogen) atoms. The number of hydrogen-bond acceptors (Lipinski definition) is 4. The van der Waals surface area contributed by atoms with Crippen molar-refractivity contribution >= 4 is 15.9 Å². The largest absolute Gasteiger partial charge is 0.497 e. The predicted octanol–water partition coefficient (Wildman–Crippen LogP) is 3.75.